The van der Waals surface area contributed by atoms with Gasteiger partial charge in [0.2, 0.25) is 0 Å². The monoisotopic (exact) mass is 270 g/mol. The number of benzene rings is 1. The zero-order valence-corrected chi connectivity index (χ0v) is 11.0. The third kappa shape index (κ3) is 5.89. The Bertz CT molecular complexity index is 355. The SMILES string of the molecule is O=C(NCCCl)Nc1ccc(CCCCO)cc1. The lowest BCUT2D eigenvalue weighted by Crippen LogP contribution is -2.30. The molecule has 0 radical (unpaired) electrons. The summed E-state index contributed by atoms with van der Waals surface area (Å²) in [6.45, 7) is 0.688. The predicted molar refractivity (Wildman–Crippen MR) is 74.2 cm³/mol. The first-order valence-corrected chi connectivity index (χ1v) is 6.60. The van der Waals surface area contributed by atoms with Crippen LogP contribution in [0.25, 0.3) is 0 Å². The van der Waals surface area contributed by atoms with Gasteiger partial charge in [0.15, 0.2) is 0 Å². The molecular formula is C13H19ClN2O2. The highest BCUT2D eigenvalue weighted by Gasteiger charge is 2.00. The number of hydrogen-bond donors (Lipinski definition) is 3. The zero-order chi connectivity index (χ0) is 13.2. The van der Waals surface area contributed by atoms with E-state index < -0.39 is 0 Å². The minimum Gasteiger partial charge on any atom is -0.396 e. The molecule has 3 N–H and O–H groups in total. The number of anilines is 1. The van der Waals surface area contributed by atoms with E-state index in [-0.39, 0.29) is 12.6 Å². The molecule has 0 aliphatic rings. The third-order valence-corrected chi connectivity index (χ3v) is 2.65. The minimum atomic E-state index is -0.247. The molecule has 1 aromatic rings. The fraction of sp³-hybridized carbons (Fsp3) is 0.462. The topological polar surface area (TPSA) is 61.4 Å². The molecule has 5 heteroatoms. The maximum absolute atomic E-state index is 11.4. The van der Waals surface area contributed by atoms with Crippen LogP contribution in [-0.4, -0.2) is 30.2 Å². The molecule has 0 aliphatic heterocycles. The third-order valence-electron chi connectivity index (χ3n) is 2.47. The van der Waals surface area contributed by atoms with Gasteiger partial charge >= 0.3 is 6.03 Å². The van der Waals surface area contributed by atoms with Gasteiger partial charge in [-0.05, 0) is 37.0 Å². The van der Waals surface area contributed by atoms with Crippen LogP contribution in [0.4, 0.5) is 10.5 Å². The highest BCUT2D eigenvalue weighted by molar-refractivity contribution is 6.18. The summed E-state index contributed by atoms with van der Waals surface area (Å²) >= 11 is 5.47. The van der Waals surface area contributed by atoms with Gasteiger partial charge in [0.05, 0.1) is 0 Å². The van der Waals surface area contributed by atoms with Crippen molar-refractivity contribution in [3.63, 3.8) is 0 Å². The molecule has 0 aromatic heterocycles. The first-order chi connectivity index (χ1) is 8.76. The van der Waals surface area contributed by atoms with Gasteiger partial charge in [-0.15, -0.1) is 11.6 Å². The lowest BCUT2D eigenvalue weighted by molar-refractivity contribution is 0.252. The summed E-state index contributed by atoms with van der Waals surface area (Å²) in [5.41, 5.74) is 1.96. The zero-order valence-electron chi connectivity index (χ0n) is 10.3. The van der Waals surface area contributed by atoms with Crippen LogP contribution in [0.1, 0.15) is 18.4 Å². The molecule has 1 rings (SSSR count). The quantitative estimate of drug-likeness (QED) is 0.526. The Hall–Kier alpha value is -1.26. The van der Waals surface area contributed by atoms with E-state index in [0.29, 0.717) is 12.4 Å². The molecule has 0 saturated carbocycles. The Kier molecular flexibility index (Phi) is 7.22. The second kappa shape index (κ2) is 8.78. The van der Waals surface area contributed by atoms with Gasteiger partial charge in [-0.1, -0.05) is 12.1 Å². The molecule has 18 heavy (non-hydrogen) atoms. The Morgan fingerprint density at radius 3 is 2.56 bits per heavy atom. The van der Waals surface area contributed by atoms with Crippen LogP contribution in [0.3, 0.4) is 0 Å². The number of carbonyl (C=O) groups excluding carboxylic acids is 1. The van der Waals surface area contributed by atoms with Crippen LogP contribution < -0.4 is 10.6 Å². The Labute approximate surface area is 112 Å². The van der Waals surface area contributed by atoms with Gasteiger partial charge in [-0.2, -0.15) is 0 Å². The minimum absolute atomic E-state index is 0.236. The van der Waals surface area contributed by atoms with Crippen LogP contribution in [0.15, 0.2) is 24.3 Å². The molecule has 0 unspecified atom stereocenters. The number of alkyl halides is 1. The second-order valence-corrected chi connectivity index (χ2v) is 4.33. The summed E-state index contributed by atoms with van der Waals surface area (Å²) in [4.78, 5) is 11.4. The number of unbranched alkanes of at least 4 members (excludes halogenated alkanes) is 1. The summed E-state index contributed by atoms with van der Waals surface area (Å²) in [6, 6.07) is 7.45. The Morgan fingerprint density at radius 1 is 1.22 bits per heavy atom. The fourth-order valence-electron chi connectivity index (χ4n) is 1.53. The lowest BCUT2D eigenvalue weighted by Gasteiger charge is -2.07. The van der Waals surface area contributed by atoms with Crippen molar-refractivity contribution in [2.75, 3.05) is 24.3 Å². The van der Waals surface area contributed by atoms with Crippen molar-refractivity contribution in [3.8, 4) is 0 Å². The molecule has 2 amide bonds. The molecule has 0 bridgehead atoms. The average Bonchev–Trinajstić information content (AvgIpc) is 2.39. The molecule has 100 valence electrons. The van der Waals surface area contributed by atoms with Crippen molar-refractivity contribution in [2.45, 2.75) is 19.3 Å². The molecular weight excluding hydrogens is 252 g/mol. The number of aryl methyl sites for hydroxylation is 1. The van der Waals surface area contributed by atoms with Crippen molar-refractivity contribution in [1.29, 1.82) is 0 Å². The maximum Gasteiger partial charge on any atom is 0.319 e. The van der Waals surface area contributed by atoms with Crippen molar-refractivity contribution in [3.05, 3.63) is 29.8 Å². The Balaban J connectivity index is 2.37. The molecule has 1 aromatic carbocycles. The van der Waals surface area contributed by atoms with Crippen molar-refractivity contribution < 1.29 is 9.90 Å². The summed E-state index contributed by atoms with van der Waals surface area (Å²) in [6.07, 6.45) is 2.74. The smallest absolute Gasteiger partial charge is 0.319 e. The van der Waals surface area contributed by atoms with Gasteiger partial charge in [0.25, 0.3) is 0 Å². The van der Waals surface area contributed by atoms with Crippen LogP contribution in [0.2, 0.25) is 0 Å². The van der Waals surface area contributed by atoms with E-state index in [0.717, 1.165) is 24.9 Å². The number of hydrogen-bond acceptors (Lipinski definition) is 2. The number of aliphatic hydroxyl groups is 1. The van der Waals surface area contributed by atoms with Crippen molar-refractivity contribution >= 4 is 23.3 Å². The first kappa shape index (κ1) is 14.8. The van der Waals surface area contributed by atoms with Crippen LogP contribution in [-0.2, 0) is 6.42 Å². The normalized spacial score (nSPS) is 10.1. The van der Waals surface area contributed by atoms with Crippen LogP contribution in [0, 0.1) is 0 Å². The van der Waals surface area contributed by atoms with E-state index >= 15 is 0 Å². The number of halogens is 1. The number of nitrogens with one attached hydrogen (secondary N) is 2. The van der Waals surface area contributed by atoms with Gasteiger partial charge in [-0.3, -0.25) is 0 Å². The molecule has 0 atom stereocenters. The number of aliphatic hydroxyl groups excluding tert-OH is 1. The van der Waals surface area contributed by atoms with E-state index in [4.69, 9.17) is 16.7 Å². The first-order valence-electron chi connectivity index (χ1n) is 6.07. The summed E-state index contributed by atoms with van der Waals surface area (Å²) in [5, 5.41) is 14.0. The molecule has 0 fully saturated rings. The largest absolute Gasteiger partial charge is 0.396 e. The van der Waals surface area contributed by atoms with E-state index in [2.05, 4.69) is 10.6 Å². The molecule has 4 nitrogen and oxygen atoms in total. The number of rotatable bonds is 7. The predicted octanol–water partition coefficient (Wildman–Crippen LogP) is 2.36. The average molecular weight is 271 g/mol. The van der Waals surface area contributed by atoms with Gasteiger partial charge in [0.1, 0.15) is 0 Å². The summed E-state index contributed by atoms with van der Waals surface area (Å²) < 4.78 is 0. The number of amides is 2. The number of urea groups is 1. The second-order valence-electron chi connectivity index (χ2n) is 3.95. The summed E-state index contributed by atoms with van der Waals surface area (Å²) in [7, 11) is 0. The van der Waals surface area contributed by atoms with Gasteiger partial charge in [-0.25, -0.2) is 4.79 Å². The van der Waals surface area contributed by atoms with E-state index in [9.17, 15) is 4.79 Å². The van der Waals surface area contributed by atoms with E-state index in [1.54, 1.807) is 0 Å². The van der Waals surface area contributed by atoms with E-state index in [1.165, 1.54) is 5.56 Å². The lowest BCUT2D eigenvalue weighted by atomic mass is 10.1. The molecule has 0 saturated heterocycles. The Morgan fingerprint density at radius 2 is 1.94 bits per heavy atom. The molecule has 0 spiro atoms. The highest BCUT2D eigenvalue weighted by Crippen LogP contribution is 2.11. The highest BCUT2D eigenvalue weighted by atomic mass is 35.5. The van der Waals surface area contributed by atoms with Gasteiger partial charge < -0.3 is 15.7 Å². The van der Waals surface area contributed by atoms with E-state index in [1.807, 2.05) is 24.3 Å². The standard InChI is InChI=1S/C13H19ClN2O2/c14-8-9-15-13(18)16-12-6-4-11(5-7-12)3-1-2-10-17/h4-7,17H,1-3,8-10H2,(H2,15,16,18). The summed E-state index contributed by atoms with van der Waals surface area (Å²) in [5.74, 6) is 0.400. The number of carbonyl (C=O) groups is 1. The fourth-order valence-corrected chi connectivity index (χ4v) is 1.63. The van der Waals surface area contributed by atoms with Crippen molar-refractivity contribution in [1.82, 2.24) is 5.32 Å². The molecule has 0 aliphatic carbocycles. The van der Waals surface area contributed by atoms with Crippen LogP contribution >= 0.6 is 11.6 Å². The van der Waals surface area contributed by atoms with Crippen molar-refractivity contribution in [2.24, 2.45) is 0 Å². The van der Waals surface area contributed by atoms with Gasteiger partial charge in [0, 0.05) is 24.7 Å². The van der Waals surface area contributed by atoms with Crippen LogP contribution in [0.5, 0.6) is 0 Å². The molecule has 0 heterocycles. The maximum atomic E-state index is 11.4.